The van der Waals surface area contributed by atoms with Gasteiger partial charge in [-0.3, -0.25) is 0 Å². The monoisotopic (exact) mass is 330 g/mol. The van der Waals surface area contributed by atoms with E-state index in [0.717, 1.165) is 15.8 Å². The maximum Gasteiger partial charge on any atom is 0.133 e. The average Bonchev–Trinajstić information content (AvgIpc) is 2.29. The summed E-state index contributed by atoms with van der Waals surface area (Å²) in [5.41, 5.74) is 0.802. The molecule has 88 valence electrons. The minimum atomic E-state index is 0.322. The summed E-state index contributed by atoms with van der Waals surface area (Å²) in [6.45, 7) is 0. The summed E-state index contributed by atoms with van der Waals surface area (Å²) in [5, 5.41) is 0.618. The smallest absolute Gasteiger partial charge is 0.133 e. The number of rotatable bonds is 3. The maximum atomic E-state index is 6.05. The molecule has 0 heterocycles. The molecule has 0 atom stereocenters. The van der Waals surface area contributed by atoms with Crippen molar-refractivity contribution in [1.29, 1.82) is 0 Å². The van der Waals surface area contributed by atoms with Crippen molar-refractivity contribution < 1.29 is 4.74 Å². The number of halogens is 3. The third-order valence-corrected chi connectivity index (χ3v) is 3.35. The van der Waals surface area contributed by atoms with E-state index in [0.29, 0.717) is 16.7 Å². The predicted octanol–water partition coefficient (Wildman–Crippen LogP) is 5.63. The molecule has 4 heteroatoms. The van der Waals surface area contributed by atoms with Gasteiger partial charge in [-0.05, 0) is 30.3 Å². The topological polar surface area (TPSA) is 9.23 Å². The molecule has 0 saturated heterocycles. The first-order valence-electron chi connectivity index (χ1n) is 4.97. The van der Waals surface area contributed by atoms with Crippen molar-refractivity contribution in [3.8, 4) is 11.5 Å². The van der Waals surface area contributed by atoms with Crippen molar-refractivity contribution in [2.24, 2.45) is 0 Å². The second-order valence-electron chi connectivity index (χ2n) is 3.41. The zero-order chi connectivity index (χ0) is 12.3. The van der Waals surface area contributed by atoms with Crippen LogP contribution in [0.4, 0.5) is 0 Å². The Kier molecular flexibility index (Phi) is 4.32. The number of ether oxygens (including phenoxy) is 1. The van der Waals surface area contributed by atoms with E-state index in [4.69, 9.17) is 27.9 Å². The van der Waals surface area contributed by atoms with Crippen molar-refractivity contribution in [2.75, 3.05) is 0 Å². The molecular formula is C13H9BrCl2O. The van der Waals surface area contributed by atoms with Gasteiger partial charge >= 0.3 is 0 Å². The number of alkyl halides is 1. The number of hydrogen-bond acceptors (Lipinski definition) is 1. The maximum absolute atomic E-state index is 6.05. The first kappa shape index (κ1) is 12.7. The Morgan fingerprint density at radius 2 is 1.88 bits per heavy atom. The summed E-state index contributed by atoms with van der Waals surface area (Å²) in [5.74, 6) is 1.75. The molecule has 2 aromatic rings. The largest absolute Gasteiger partial charge is 0.457 e. The van der Waals surface area contributed by atoms with Crippen LogP contribution >= 0.6 is 39.1 Å². The Bertz CT molecular complexity index is 529. The highest BCUT2D eigenvalue weighted by Gasteiger charge is 2.08. The Labute approximate surface area is 118 Å². The summed E-state index contributed by atoms with van der Waals surface area (Å²) in [6.07, 6.45) is 0. The Morgan fingerprint density at radius 3 is 2.59 bits per heavy atom. The first-order chi connectivity index (χ1) is 8.20. The van der Waals surface area contributed by atoms with Crippen molar-refractivity contribution in [2.45, 2.75) is 5.88 Å². The molecule has 17 heavy (non-hydrogen) atoms. The standard InChI is InChI=1S/C13H9BrCl2O/c14-9-3-1-4-10(7-9)17-13-6-2-5-12(16)11(13)8-15/h1-7H,8H2. The van der Waals surface area contributed by atoms with Gasteiger partial charge in [0.15, 0.2) is 0 Å². The van der Waals surface area contributed by atoms with Crippen LogP contribution in [-0.4, -0.2) is 0 Å². The van der Waals surface area contributed by atoms with E-state index in [-0.39, 0.29) is 0 Å². The van der Waals surface area contributed by atoms with Crippen LogP contribution < -0.4 is 4.74 Å². The van der Waals surface area contributed by atoms with Crippen LogP contribution in [0, 0.1) is 0 Å². The van der Waals surface area contributed by atoms with Crippen molar-refractivity contribution in [3.63, 3.8) is 0 Å². The molecule has 0 aliphatic heterocycles. The lowest BCUT2D eigenvalue weighted by Crippen LogP contribution is -1.90. The minimum absolute atomic E-state index is 0.322. The van der Waals surface area contributed by atoms with Gasteiger partial charge in [0.25, 0.3) is 0 Å². The quantitative estimate of drug-likeness (QED) is 0.662. The second kappa shape index (κ2) is 5.76. The first-order valence-corrected chi connectivity index (χ1v) is 6.68. The lowest BCUT2D eigenvalue weighted by Gasteiger charge is -2.10. The van der Waals surface area contributed by atoms with Crippen molar-refractivity contribution in [1.82, 2.24) is 0 Å². The Morgan fingerprint density at radius 1 is 1.12 bits per heavy atom. The summed E-state index contributed by atoms with van der Waals surface area (Å²) in [4.78, 5) is 0. The van der Waals surface area contributed by atoms with Gasteiger partial charge in [-0.15, -0.1) is 11.6 Å². The molecule has 0 N–H and O–H groups in total. The van der Waals surface area contributed by atoms with Crippen LogP contribution in [0.1, 0.15) is 5.56 Å². The van der Waals surface area contributed by atoms with Gasteiger partial charge in [-0.2, -0.15) is 0 Å². The fraction of sp³-hybridized carbons (Fsp3) is 0.0769. The molecule has 0 fully saturated rings. The molecule has 0 spiro atoms. The highest BCUT2D eigenvalue weighted by atomic mass is 79.9. The van der Waals surface area contributed by atoms with Crippen LogP contribution in [0.5, 0.6) is 11.5 Å². The SMILES string of the molecule is ClCc1c(Cl)cccc1Oc1cccc(Br)c1. The zero-order valence-corrected chi connectivity index (χ0v) is 11.9. The minimum Gasteiger partial charge on any atom is -0.457 e. The fourth-order valence-electron chi connectivity index (χ4n) is 1.42. The molecule has 0 radical (unpaired) electrons. The van der Waals surface area contributed by atoms with Gasteiger partial charge in [0.05, 0.1) is 5.88 Å². The molecule has 0 saturated carbocycles. The van der Waals surface area contributed by atoms with Gasteiger partial charge in [-0.25, -0.2) is 0 Å². The molecule has 1 nitrogen and oxygen atoms in total. The third kappa shape index (κ3) is 3.15. The van der Waals surface area contributed by atoms with E-state index in [1.165, 1.54) is 0 Å². The lowest BCUT2D eigenvalue weighted by molar-refractivity contribution is 0.478. The number of benzene rings is 2. The van der Waals surface area contributed by atoms with Gasteiger partial charge in [0.1, 0.15) is 11.5 Å². The molecule has 0 aromatic heterocycles. The van der Waals surface area contributed by atoms with Crippen LogP contribution in [0.25, 0.3) is 0 Å². The second-order valence-corrected chi connectivity index (χ2v) is 5.00. The molecule has 2 aromatic carbocycles. The molecular weight excluding hydrogens is 323 g/mol. The molecule has 0 aliphatic carbocycles. The van der Waals surface area contributed by atoms with Crippen LogP contribution in [0.2, 0.25) is 5.02 Å². The normalized spacial score (nSPS) is 10.3. The summed E-state index contributed by atoms with van der Waals surface area (Å²) in [7, 11) is 0. The van der Waals surface area contributed by atoms with Crippen LogP contribution in [0.15, 0.2) is 46.9 Å². The zero-order valence-electron chi connectivity index (χ0n) is 8.79. The highest BCUT2D eigenvalue weighted by molar-refractivity contribution is 9.10. The van der Waals surface area contributed by atoms with Crippen LogP contribution in [0.3, 0.4) is 0 Å². The van der Waals surface area contributed by atoms with Gasteiger partial charge < -0.3 is 4.74 Å². The average molecular weight is 332 g/mol. The predicted molar refractivity (Wildman–Crippen MR) is 75.2 cm³/mol. The highest BCUT2D eigenvalue weighted by Crippen LogP contribution is 2.32. The summed E-state index contributed by atoms with van der Waals surface area (Å²) >= 11 is 15.3. The van der Waals surface area contributed by atoms with Gasteiger partial charge in [0.2, 0.25) is 0 Å². The van der Waals surface area contributed by atoms with Crippen molar-refractivity contribution >= 4 is 39.1 Å². The van der Waals surface area contributed by atoms with E-state index in [9.17, 15) is 0 Å². The van der Waals surface area contributed by atoms with Crippen molar-refractivity contribution in [3.05, 3.63) is 57.5 Å². The van der Waals surface area contributed by atoms with E-state index in [2.05, 4.69) is 15.9 Å². The molecule has 0 bridgehead atoms. The van der Waals surface area contributed by atoms with E-state index in [1.807, 2.05) is 36.4 Å². The lowest BCUT2D eigenvalue weighted by atomic mass is 10.2. The molecule has 0 unspecified atom stereocenters. The van der Waals surface area contributed by atoms with E-state index in [1.54, 1.807) is 6.07 Å². The third-order valence-electron chi connectivity index (χ3n) is 2.23. The summed E-state index contributed by atoms with van der Waals surface area (Å²) < 4.78 is 6.73. The van der Waals surface area contributed by atoms with E-state index >= 15 is 0 Å². The van der Waals surface area contributed by atoms with E-state index < -0.39 is 0 Å². The Balaban J connectivity index is 2.33. The molecule has 0 amide bonds. The van der Waals surface area contributed by atoms with Gasteiger partial charge in [0, 0.05) is 15.1 Å². The Hall–Kier alpha value is -0.700. The fourth-order valence-corrected chi connectivity index (χ4v) is 2.38. The molecule has 2 rings (SSSR count). The molecule has 0 aliphatic rings. The van der Waals surface area contributed by atoms with Gasteiger partial charge in [-0.1, -0.05) is 39.7 Å². The summed E-state index contributed by atoms with van der Waals surface area (Å²) in [6, 6.07) is 13.1. The number of hydrogen-bond donors (Lipinski definition) is 0. The van der Waals surface area contributed by atoms with Crippen LogP contribution in [-0.2, 0) is 5.88 Å².